The van der Waals surface area contributed by atoms with Gasteiger partial charge in [0.2, 0.25) is 0 Å². The molecule has 1 aromatic heterocycles. The lowest BCUT2D eigenvalue weighted by Crippen LogP contribution is -2.43. The molecule has 2 fully saturated rings. The first-order valence-corrected chi connectivity index (χ1v) is 9.66. The molecule has 6 nitrogen and oxygen atoms in total. The number of guanidine groups is 1. The molecule has 1 saturated heterocycles. The minimum Gasteiger partial charge on any atom is -0.468 e. The summed E-state index contributed by atoms with van der Waals surface area (Å²) < 4.78 is 11.3. The van der Waals surface area contributed by atoms with Crippen LogP contribution in [0.2, 0.25) is 0 Å². The Kier molecular flexibility index (Phi) is 7.18. The van der Waals surface area contributed by atoms with Crippen LogP contribution >= 0.6 is 0 Å². The topological polar surface area (TPSA) is 62.0 Å². The highest BCUT2D eigenvalue weighted by atomic mass is 16.5. The maximum absolute atomic E-state index is 5.67. The van der Waals surface area contributed by atoms with E-state index in [1.54, 1.807) is 6.26 Å². The first-order valence-electron chi connectivity index (χ1n) is 9.66. The van der Waals surface area contributed by atoms with Crippen molar-refractivity contribution in [3.63, 3.8) is 0 Å². The van der Waals surface area contributed by atoms with Gasteiger partial charge in [0.15, 0.2) is 5.96 Å². The van der Waals surface area contributed by atoms with Crippen LogP contribution in [0.1, 0.15) is 43.9 Å². The molecule has 2 heterocycles. The highest BCUT2D eigenvalue weighted by Crippen LogP contribution is 2.28. The summed E-state index contributed by atoms with van der Waals surface area (Å²) in [5.74, 6) is 2.71. The standard InChI is InChI=1S/C19H32N4O2/c1-20-19(21-9-5-12-24-15-16-7-8-16)22-14-17(18-6-4-13-25-18)23-10-2-3-11-23/h4,6,13,16-17H,2-3,5,7-12,14-15H2,1H3,(H2,20,21,22). The summed E-state index contributed by atoms with van der Waals surface area (Å²) in [6.07, 6.45) is 8.00. The van der Waals surface area contributed by atoms with E-state index >= 15 is 0 Å². The fourth-order valence-electron chi connectivity index (χ4n) is 3.27. The van der Waals surface area contributed by atoms with E-state index in [4.69, 9.17) is 9.15 Å². The molecule has 1 aliphatic heterocycles. The van der Waals surface area contributed by atoms with Crippen molar-refractivity contribution in [2.75, 3.05) is 46.4 Å². The zero-order valence-corrected chi connectivity index (χ0v) is 15.4. The number of rotatable bonds is 10. The van der Waals surface area contributed by atoms with Crippen LogP contribution in [0.15, 0.2) is 27.8 Å². The number of hydrogen-bond acceptors (Lipinski definition) is 4. The Morgan fingerprint density at radius 3 is 2.88 bits per heavy atom. The number of furan rings is 1. The normalized spacial score (nSPS) is 20.0. The summed E-state index contributed by atoms with van der Waals surface area (Å²) in [5.41, 5.74) is 0. The highest BCUT2D eigenvalue weighted by molar-refractivity contribution is 5.79. The number of likely N-dealkylation sites (tertiary alicyclic amines) is 1. The van der Waals surface area contributed by atoms with Crippen LogP contribution in [0.5, 0.6) is 0 Å². The third-order valence-corrected chi connectivity index (χ3v) is 4.95. The predicted molar refractivity (Wildman–Crippen MR) is 99.8 cm³/mol. The monoisotopic (exact) mass is 348 g/mol. The van der Waals surface area contributed by atoms with Crippen molar-refractivity contribution >= 4 is 5.96 Å². The van der Waals surface area contributed by atoms with E-state index in [0.717, 1.165) is 63.5 Å². The Labute approximate surface area is 151 Å². The molecule has 0 aromatic carbocycles. The molecule has 1 aromatic rings. The van der Waals surface area contributed by atoms with Gasteiger partial charge in [0.05, 0.1) is 12.3 Å². The van der Waals surface area contributed by atoms with E-state index in [1.807, 2.05) is 13.1 Å². The first kappa shape index (κ1) is 18.3. The zero-order valence-electron chi connectivity index (χ0n) is 15.4. The first-order chi connectivity index (χ1) is 12.4. The largest absolute Gasteiger partial charge is 0.468 e. The van der Waals surface area contributed by atoms with Gasteiger partial charge >= 0.3 is 0 Å². The Bertz CT molecular complexity index is 508. The molecule has 25 heavy (non-hydrogen) atoms. The minimum atomic E-state index is 0.262. The Balaban J connectivity index is 1.37. The van der Waals surface area contributed by atoms with Gasteiger partial charge in [0.25, 0.3) is 0 Å². The number of ether oxygens (including phenoxy) is 1. The van der Waals surface area contributed by atoms with E-state index in [9.17, 15) is 0 Å². The number of hydrogen-bond donors (Lipinski definition) is 2. The lowest BCUT2D eigenvalue weighted by molar-refractivity contribution is 0.123. The van der Waals surface area contributed by atoms with Crippen LogP contribution in [0, 0.1) is 5.92 Å². The molecular weight excluding hydrogens is 316 g/mol. The average Bonchev–Trinajstić information content (AvgIpc) is 3.08. The van der Waals surface area contributed by atoms with Gasteiger partial charge in [-0.25, -0.2) is 0 Å². The lowest BCUT2D eigenvalue weighted by atomic mass is 10.2. The lowest BCUT2D eigenvalue weighted by Gasteiger charge is -2.26. The van der Waals surface area contributed by atoms with E-state index in [-0.39, 0.29) is 6.04 Å². The van der Waals surface area contributed by atoms with Crippen LogP contribution in [0.3, 0.4) is 0 Å². The van der Waals surface area contributed by atoms with E-state index in [2.05, 4.69) is 26.6 Å². The van der Waals surface area contributed by atoms with Gasteiger partial charge in [0.1, 0.15) is 5.76 Å². The third kappa shape index (κ3) is 6.04. The van der Waals surface area contributed by atoms with Gasteiger partial charge in [0, 0.05) is 33.4 Å². The molecule has 1 unspecified atom stereocenters. The second-order valence-corrected chi connectivity index (χ2v) is 7.03. The maximum atomic E-state index is 5.67. The molecular formula is C19H32N4O2. The Morgan fingerprint density at radius 1 is 1.36 bits per heavy atom. The van der Waals surface area contributed by atoms with Gasteiger partial charge in [-0.2, -0.15) is 0 Å². The SMILES string of the molecule is CN=C(NCCCOCC1CC1)NCC(c1ccco1)N1CCCC1. The summed E-state index contributed by atoms with van der Waals surface area (Å²) in [5, 5.41) is 6.82. The summed E-state index contributed by atoms with van der Waals surface area (Å²) in [7, 11) is 1.82. The van der Waals surface area contributed by atoms with Crippen LogP contribution in [-0.2, 0) is 4.74 Å². The average molecular weight is 348 g/mol. The molecule has 0 radical (unpaired) electrons. The fraction of sp³-hybridized carbons (Fsp3) is 0.737. The van der Waals surface area contributed by atoms with E-state index in [0.29, 0.717) is 0 Å². The predicted octanol–water partition coefficient (Wildman–Crippen LogP) is 2.40. The van der Waals surface area contributed by atoms with Crippen molar-refractivity contribution in [2.24, 2.45) is 10.9 Å². The molecule has 2 N–H and O–H groups in total. The zero-order chi connectivity index (χ0) is 17.3. The summed E-state index contributed by atoms with van der Waals surface area (Å²) in [6, 6.07) is 4.29. The van der Waals surface area contributed by atoms with Crippen molar-refractivity contribution in [1.82, 2.24) is 15.5 Å². The number of nitrogens with one attached hydrogen (secondary N) is 2. The van der Waals surface area contributed by atoms with Crippen molar-refractivity contribution < 1.29 is 9.15 Å². The Morgan fingerprint density at radius 2 is 2.20 bits per heavy atom. The molecule has 6 heteroatoms. The van der Waals surface area contributed by atoms with Crippen LogP contribution in [0.4, 0.5) is 0 Å². The minimum absolute atomic E-state index is 0.262. The van der Waals surface area contributed by atoms with E-state index in [1.165, 1.54) is 25.7 Å². The third-order valence-electron chi connectivity index (χ3n) is 4.95. The molecule has 2 aliphatic rings. The van der Waals surface area contributed by atoms with Gasteiger partial charge in [-0.05, 0) is 63.2 Å². The molecule has 1 aliphatic carbocycles. The Hall–Kier alpha value is -1.53. The summed E-state index contributed by atoms with van der Waals surface area (Å²) >= 11 is 0. The van der Waals surface area contributed by atoms with Crippen LogP contribution < -0.4 is 10.6 Å². The van der Waals surface area contributed by atoms with E-state index < -0.39 is 0 Å². The van der Waals surface area contributed by atoms with Gasteiger partial charge in [-0.15, -0.1) is 0 Å². The van der Waals surface area contributed by atoms with Crippen molar-refractivity contribution in [3.05, 3.63) is 24.2 Å². The second-order valence-electron chi connectivity index (χ2n) is 7.03. The summed E-state index contributed by atoms with van der Waals surface area (Å²) in [6.45, 7) is 5.70. The molecule has 0 amide bonds. The van der Waals surface area contributed by atoms with Crippen molar-refractivity contribution in [1.29, 1.82) is 0 Å². The smallest absolute Gasteiger partial charge is 0.191 e. The van der Waals surface area contributed by atoms with Gasteiger partial charge < -0.3 is 19.8 Å². The molecule has 1 saturated carbocycles. The van der Waals surface area contributed by atoms with Crippen molar-refractivity contribution in [3.8, 4) is 0 Å². The van der Waals surface area contributed by atoms with Gasteiger partial charge in [-0.3, -0.25) is 9.89 Å². The fourth-order valence-corrected chi connectivity index (χ4v) is 3.27. The highest BCUT2D eigenvalue weighted by Gasteiger charge is 2.25. The number of aliphatic imine (C=N–C) groups is 1. The molecule has 140 valence electrons. The van der Waals surface area contributed by atoms with Crippen LogP contribution in [-0.4, -0.2) is 57.3 Å². The maximum Gasteiger partial charge on any atom is 0.191 e. The molecule has 0 spiro atoms. The quantitative estimate of drug-likeness (QED) is 0.386. The molecule has 1 atom stereocenters. The second kappa shape index (κ2) is 9.82. The molecule has 3 rings (SSSR count). The van der Waals surface area contributed by atoms with Crippen molar-refractivity contribution in [2.45, 2.75) is 38.1 Å². The van der Waals surface area contributed by atoms with Crippen LogP contribution in [0.25, 0.3) is 0 Å². The number of nitrogens with zero attached hydrogens (tertiary/aromatic N) is 2. The summed E-state index contributed by atoms with van der Waals surface area (Å²) in [4.78, 5) is 6.82. The van der Waals surface area contributed by atoms with Gasteiger partial charge in [-0.1, -0.05) is 0 Å². The molecule has 0 bridgehead atoms.